The molecule has 2 unspecified atom stereocenters. The average molecular weight is 348 g/mol. The monoisotopic (exact) mass is 347 g/mol. The van der Waals surface area contributed by atoms with Crippen molar-refractivity contribution in [3.8, 4) is 0 Å². The molecule has 1 fully saturated rings. The number of nitrogens with one attached hydrogen (secondary N) is 1. The summed E-state index contributed by atoms with van der Waals surface area (Å²) in [5.74, 6) is -1.33. The molecular weight excluding hydrogens is 332 g/mol. The summed E-state index contributed by atoms with van der Waals surface area (Å²) in [6, 6.07) is 1.66. The number of benzene rings is 1. The highest BCUT2D eigenvalue weighted by atomic mass is 35.5. The number of halogens is 3. The zero-order valence-electron chi connectivity index (χ0n) is 11.9. The molecule has 1 heterocycles. The third-order valence-electron chi connectivity index (χ3n) is 3.72. The molecule has 2 rings (SSSR count). The second kappa shape index (κ2) is 6.71. The second-order valence-corrected chi connectivity index (χ2v) is 6.11. The van der Waals surface area contributed by atoms with Gasteiger partial charge in [0.15, 0.2) is 0 Å². The smallest absolute Gasteiger partial charge is 0.317 e. The molecule has 120 valence electrons. The van der Waals surface area contributed by atoms with Gasteiger partial charge in [-0.25, -0.2) is 9.18 Å². The number of rotatable bonds is 3. The molecule has 0 saturated carbocycles. The maximum absolute atomic E-state index is 13.5. The molecule has 3 amide bonds. The Labute approximate surface area is 137 Å². The van der Waals surface area contributed by atoms with Crippen LogP contribution in [0.1, 0.15) is 24.9 Å². The van der Waals surface area contributed by atoms with Gasteiger partial charge in [-0.2, -0.15) is 0 Å². The van der Waals surface area contributed by atoms with Gasteiger partial charge in [-0.3, -0.25) is 4.79 Å². The molecule has 1 aliphatic heterocycles. The highest BCUT2D eigenvalue weighted by Gasteiger charge is 2.30. The highest BCUT2D eigenvalue weighted by molar-refractivity contribution is 6.35. The van der Waals surface area contributed by atoms with Gasteiger partial charge in [0.05, 0.1) is 17.0 Å². The van der Waals surface area contributed by atoms with Gasteiger partial charge in [-0.05, 0) is 31.0 Å². The number of hydrogen-bond acceptors (Lipinski definition) is 2. The minimum Gasteiger partial charge on any atom is -0.369 e. The molecule has 0 radical (unpaired) electrons. The Kier molecular flexibility index (Phi) is 5.13. The van der Waals surface area contributed by atoms with E-state index in [-0.39, 0.29) is 28.5 Å². The molecule has 0 bridgehead atoms. The number of urea groups is 1. The van der Waals surface area contributed by atoms with Gasteiger partial charge < -0.3 is 16.0 Å². The molecule has 8 heteroatoms. The van der Waals surface area contributed by atoms with Gasteiger partial charge >= 0.3 is 6.03 Å². The maximum atomic E-state index is 13.5. The van der Waals surface area contributed by atoms with Gasteiger partial charge in [0.2, 0.25) is 5.91 Å². The highest BCUT2D eigenvalue weighted by Crippen LogP contribution is 2.29. The Morgan fingerprint density at radius 3 is 2.68 bits per heavy atom. The number of hydrogen-bond donors (Lipinski definition) is 2. The summed E-state index contributed by atoms with van der Waals surface area (Å²) in [4.78, 5) is 24.8. The number of primary amides is 1. The van der Waals surface area contributed by atoms with E-state index < -0.39 is 17.8 Å². The average Bonchev–Trinajstić information content (AvgIpc) is 2.92. The molecule has 1 aromatic rings. The van der Waals surface area contributed by atoms with E-state index in [0.717, 1.165) is 0 Å². The predicted octanol–water partition coefficient (Wildman–Crippen LogP) is 2.71. The van der Waals surface area contributed by atoms with Crippen LogP contribution >= 0.6 is 23.2 Å². The first-order valence-corrected chi connectivity index (χ1v) is 7.54. The molecule has 1 saturated heterocycles. The normalized spacial score (nSPS) is 19.1. The second-order valence-electron chi connectivity index (χ2n) is 5.29. The zero-order chi connectivity index (χ0) is 16.4. The first-order chi connectivity index (χ1) is 10.3. The quantitative estimate of drug-likeness (QED) is 0.824. The van der Waals surface area contributed by atoms with E-state index in [1.165, 1.54) is 17.0 Å². The van der Waals surface area contributed by atoms with Crippen molar-refractivity contribution >= 4 is 35.1 Å². The SMILES string of the molecule is CC(NC(=O)N1CCC(C(N)=O)C1)c1cc(F)c(Cl)cc1Cl. The fourth-order valence-electron chi connectivity index (χ4n) is 2.40. The fraction of sp³-hybridized carbons (Fsp3) is 0.429. The molecule has 22 heavy (non-hydrogen) atoms. The zero-order valence-corrected chi connectivity index (χ0v) is 13.4. The molecule has 2 atom stereocenters. The number of amides is 3. The van der Waals surface area contributed by atoms with E-state index in [1.807, 2.05) is 0 Å². The molecule has 1 aromatic carbocycles. The van der Waals surface area contributed by atoms with Crippen molar-refractivity contribution in [2.45, 2.75) is 19.4 Å². The van der Waals surface area contributed by atoms with Crippen LogP contribution in [0.4, 0.5) is 9.18 Å². The summed E-state index contributed by atoms with van der Waals surface area (Å²) >= 11 is 11.7. The summed E-state index contributed by atoms with van der Waals surface area (Å²) in [5.41, 5.74) is 5.67. The molecular formula is C14H16Cl2FN3O2. The van der Waals surface area contributed by atoms with Crippen molar-refractivity contribution < 1.29 is 14.0 Å². The minimum absolute atomic E-state index is 0.0730. The van der Waals surface area contributed by atoms with Gasteiger partial charge in [-0.1, -0.05) is 23.2 Å². The van der Waals surface area contributed by atoms with Crippen LogP contribution in [-0.4, -0.2) is 29.9 Å². The van der Waals surface area contributed by atoms with Crippen LogP contribution in [0.5, 0.6) is 0 Å². The first-order valence-electron chi connectivity index (χ1n) is 6.78. The Morgan fingerprint density at radius 2 is 2.09 bits per heavy atom. The van der Waals surface area contributed by atoms with Crippen molar-refractivity contribution in [2.75, 3.05) is 13.1 Å². The van der Waals surface area contributed by atoms with Gasteiger partial charge in [0, 0.05) is 18.1 Å². The van der Waals surface area contributed by atoms with E-state index in [2.05, 4.69) is 5.32 Å². The fourth-order valence-corrected chi connectivity index (χ4v) is 2.95. The largest absolute Gasteiger partial charge is 0.369 e. The van der Waals surface area contributed by atoms with Crippen LogP contribution in [0, 0.1) is 11.7 Å². The van der Waals surface area contributed by atoms with Crippen molar-refractivity contribution in [3.05, 3.63) is 33.6 Å². The van der Waals surface area contributed by atoms with Crippen LogP contribution in [0.2, 0.25) is 10.0 Å². The minimum atomic E-state index is -0.600. The maximum Gasteiger partial charge on any atom is 0.317 e. The molecule has 0 aromatic heterocycles. The lowest BCUT2D eigenvalue weighted by Gasteiger charge is -2.22. The van der Waals surface area contributed by atoms with Crippen molar-refractivity contribution in [1.29, 1.82) is 0 Å². The Balaban J connectivity index is 2.03. The number of nitrogens with zero attached hydrogens (tertiary/aromatic N) is 1. The first kappa shape index (κ1) is 16.8. The Hall–Kier alpha value is -1.53. The lowest BCUT2D eigenvalue weighted by molar-refractivity contribution is -0.121. The van der Waals surface area contributed by atoms with Gasteiger partial charge in [-0.15, -0.1) is 0 Å². The van der Waals surface area contributed by atoms with E-state index in [1.54, 1.807) is 6.92 Å². The Bertz CT molecular complexity index is 612. The Morgan fingerprint density at radius 1 is 1.41 bits per heavy atom. The van der Waals surface area contributed by atoms with Gasteiger partial charge in [0.1, 0.15) is 5.82 Å². The lowest BCUT2D eigenvalue weighted by atomic mass is 10.1. The lowest BCUT2D eigenvalue weighted by Crippen LogP contribution is -2.40. The summed E-state index contributed by atoms with van der Waals surface area (Å²) in [6.07, 6.45) is 0.549. The summed E-state index contributed by atoms with van der Waals surface area (Å²) in [5, 5.41) is 2.93. The molecule has 5 nitrogen and oxygen atoms in total. The number of likely N-dealkylation sites (tertiary alicyclic amines) is 1. The summed E-state index contributed by atoms with van der Waals surface area (Å²) in [6.45, 7) is 2.43. The molecule has 0 aliphatic carbocycles. The standard InChI is InChI=1S/C14H16Cl2FN3O2/c1-7(9-4-12(17)11(16)5-10(9)15)19-14(22)20-3-2-8(6-20)13(18)21/h4-5,7-8H,2-3,6H2,1H3,(H2,18,21)(H,19,22). The van der Waals surface area contributed by atoms with Crippen LogP contribution < -0.4 is 11.1 Å². The molecule has 3 N–H and O–H groups in total. The van der Waals surface area contributed by atoms with E-state index >= 15 is 0 Å². The third kappa shape index (κ3) is 3.62. The van der Waals surface area contributed by atoms with Crippen LogP contribution in [-0.2, 0) is 4.79 Å². The van der Waals surface area contributed by atoms with Gasteiger partial charge in [0.25, 0.3) is 0 Å². The van der Waals surface area contributed by atoms with Crippen LogP contribution in [0.25, 0.3) is 0 Å². The van der Waals surface area contributed by atoms with Crippen LogP contribution in [0.3, 0.4) is 0 Å². The number of carbonyl (C=O) groups is 2. The van der Waals surface area contributed by atoms with E-state index in [4.69, 9.17) is 28.9 Å². The topological polar surface area (TPSA) is 75.4 Å². The van der Waals surface area contributed by atoms with E-state index in [9.17, 15) is 14.0 Å². The number of carbonyl (C=O) groups excluding carboxylic acids is 2. The summed E-state index contributed by atoms with van der Waals surface area (Å²) in [7, 11) is 0. The number of nitrogens with two attached hydrogens (primary N) is 1. The van der Waals surface area contributed by atoms with Crippen molar-refractivity contribution in [2.24, 2.45) is 11.7 Å². The van der Waals surface area contributed by atoms with Crippen molar-refractivity contribution in [1.82, 2.24) is 10.2 Å². The predicted molar refractivity (Wildman–Crippen MR) is 82.2 cm³/mol. The third-order valence-corrected chi connectivity index (χ3v) is 4.34. The molecule has 1 aliphatic rings. The van der Waals surface area contributed by atoms with E-state index in [0.29, 0.717) is 18.5 Å². The summed E-state index contributed by atoms with van der Waals surface area (Å²) < 4.78 is 13.5. The van der Waals surface area contributed by atoms with Crippen molar-refractivity contribution in [3.63, 3.8) is 0 Å². The van der Waals surface area contributed by atoms with Crippen LogP contribution in [0.15, 0.2) is 12.1 Å². The molecule has 0 spiro atoms.